The summed E-state index contributed by atoms with van der Waals surface area (Å²) in [6, 6.07) is 6.40. The summed E-state index contributed by atoms with van der Waals surface area (Å²) < 4.78 is 70.0. The van der Waals surface area contributed by atoms with Crippen LogP contribution in [0.2, 0.25) is 0 Å². The van der Waals surface area contributed by atoms with Gasteiger partial charge < -0.3 is 9.47 Å². The van der Waals surface area contributed by atoms with E-state index in [1.165, 1.54) is 27.9 Å². The first kappa shape index (κ1) is 25.5. The Labute approximate surface area is 203 Å². The van der Waals surface area contributed by atoms with Gasteiger partial charge in [-0.2, -0.15) is 25.9 Å². The second-order valence-corrected chi connectivity index (χ2v) is 10.8. The number of nitrogens with zero attached hydrogens (tertiary/aromatic N) is 5. The fraction of sp³-hybridized carbons (Fsp3) is 0.400. The van der Waals surface area contributed by atoms with E-state index in [0.29, 0.717) is 10.6 Å². The van der Waals surface area contributed by atoms with Gasteiger partial charge in [0.15, 0.2) is 0 Å². The zero-order chi connectivity index (χ0) is 24.9. The smallest absolute Gasteiger partial charge is 0.345 e. The number of imidazole rings is 1. The van der Waals surface area contributed by atoms with E-state index in [1.54, 1.807) is 11.6 Å². The highest BCUT2D eigenvalue weighted by molar-refractivity contribution is 14.1. The second-order valence-electron chi connectivity index (χ2n) is 7.74. The van der Waals surface area contributed by atoms with Gasteiger partial charge in [0.25, 0.3) is 0 Å². The topological polar surface area (TPSA) is 80.4 Å². The number of hydrogen-bond donors (Lipinski definition) is 0. The first-order valence-electron chi connectivity index (χ1n) is 9.76. The SMILES string of the molecule is Cc1c(CN(C(=O)C(F)(F)F)C(C)c2c(I)c3ccccc3n2C)ncn1S(=O)(=O)N(C)C. The van der Waals surface area contributed by atoms with Gasteiger partial charge in [-0.1, -0.05) is 18.2 Å². The summed E-state index contributed by atoms with van der Waals surface area (Å²) in [7, 11) is 0.477. The van der Waals surface area contributed by atoms with E-state index in [4.69, 9.17) is 0 Å². The summed E-state index contributed by atoms with van der Waals surface area (Å²) in [4.78, 5) is 17.2. The zero-order valence-electron chi connectivity index (χ0n) is 18.6. The molecule has 3 rings (SSSR count). The molecule has 1 aromatic carbocycles. The molecule has 1 unspecified atom stereocenters. The van der Waals surface area contributed by atoms with Crippen LogP contribution in [0, 0.1) is 10.5 Å². The number of halogens is 4. The number of carbonyl (C=O) groups is 1. The van der Waals surface area contributed by atoms with Crippen molar-refractivity contribution in [2.75, 3.05) is 14.1 Å². The third kappa shape index (κ3) is 4.49. The molecule has 0 spiro atoms. The molecule has 33 heavy (non-hydrogen) atoms. The quantitative estimate of drug-likeness (QED) is 0.407. The van der Waals surface area contributed by atoms with Gasteiger partial charge in [-0.3, -0.25) is 4.79 Å². The van der Waals surface area contributed by atoms with Crippen molar-refractivity contribution in [1.29, 1.82) is 0 Å². The van der Waals surface area contributed by atoms with Gasteiger partial charge in [-0.05, 0) is 42.5 Å². The van der Waals surface area contributed by atoms with Gasteiger partial charge in [0.1, 0.15) is 6.33 Å². The summed E-state index contributed by atoms with van der Waals surface area (Å²) in [6.45, 7) is 2.44. The van der Waals surface area contributed by atoms with Crippen molar-refractivity contribution >= 4 is 49.6 Å². The molecule has 0 aliphatic carbocycles. The maximum Gasteiger partial charge on any atom is 0.471 e. The van der Waals surface area contributed by atoms with Gasteiger partial charge in [0, 0.05) is 35.6 Å². The first-order chi connectivity index (χ1) is 15.2. The summed E-state index contributed by atoms with van der Waals surface area (Å²) in [5, 5.41) is 0.861. The van der Waals surface area contributed by atoms with Crippen LogP contribution in [0.25, 0.3) is 10.9 Å². The van der Waals surface area contributed by atoms with Crippen LogP contribution in [-0.2, 0) is 28.6 Å². The van der Waals surface area contributed by atoms with Gasteiger partial charge in [-0.25, -0.2) is 8.96 Å². The van der Waals surface area contributed by atoms with Crippen LogP contribution in [-0.4, -0.2) is 57.3 Å². The van der Waals surface area contributed by atoms with E-state index in [0.717, 1.165) is 29.1 Å². The Bertz CT molecular complexity index is 1280. The van der Waals surface area contributed by atoms with Crippen molar-refractivity contribution in [3.63, 3.8) is 0 Å². The van der Waals surface area contributed by atoms with Crippen molar-refractivity contribution in [3.8, 4) is 0 Å². The Morgan fingerprint density at radius 1 is 1.24 bits per heavy atom. The Morgan fingerprint density at radius 3 is 2.39 bits per heavy atom. The number of hydrogen-bond acceptors (Lipinski definition) is 4. The number of para-hydroxylation sites is 1. The van der Waals surface area contributed by atoms with Crippen LogP contribution in [0.15, 0.2) is 30.6 Å². The fourth-order valence-corrected chi connectivity index (χ4v) is 5.92. The molecule has 0 bridgehead atoms. The Balaban J connectivity index is 2.10. The summed E-state index contributed by atoms with van der Waals surface area (Å²) in [5.74, 6) is -2.03. The summed E-state index contributed by atoms with van der Waals surface area (Å²) >= 11 is 2.07. The largest absolute Gasteiger partial charge is 0.471 e. The van der Waals surface area contributed by atoms with Crippen LogP contribution in [0.3, 0.4) is 0 Å². The highest BCUT2D eigenvalue weighted by Gasteiger charge is 2.45. The maximum absolute atomic E-state index is 13.6. The highest BCUT2D eigenvalue weighted by atomic mass is 127. The molecule has 0 N–H and O–H groups in total. The van der Waals surface area contributed by atoms with Crippen molar-refractivity contribution in [2.24, 2.45) is 7.05 Å². The molecule has 2 aromatic heterocycles. The molecular weight excluding hydrogens is 574 g/mol. The molecule has 1 amide bonds. The standard InChI is InChI=1S/C20H23F3IN5O3S/c1-12-15(25-11-29(12)33(31,32)26(3)4)10-28(19(30)20(21,22)23)13(2)18-17(24)14-8-6-7-9-16(14)27(18)5/h6-9,11,13H,10H2,1-5H3. The monoisotopic (exact) mass is 597 g/mol. The van der Waals surface area contributed by atoms with E-state index in [-0.39, 0.29) is 11.4 Å². The third-order valence-corrected chi connectivity index (χ3v) is 8.47. The minimum Gasteiger partial charge on any atom is -0.345 e. The minimum atomic E-state index is -5.11. The van der Waals surface area contributed by atoms with Crippen molar-refractivity contribution in [2.45, 2.75) is 32.6 Å². The van der Waals surface area contributed by atoms with Crippen molar-refractivity contribution < 1.29 is 26.4 Å². The lowest BCUT2D eigenvalue weighted by molar-refractivity contribution is -0.188. The lowest BCUT2D eigenvalue weighted by atomic mass is 10.1. The molecule has 2 heterocycles. The molecule has 180 valence electrons. The van der Waals surface area contributed by atoms with Crippen molar-refractivity contribution in [1.82, 2.24) is 22.7 Å². The van der Waals surface area contributed by atoms with Crippen LogP contribution < -0.4 is 0 Å². The molecule has 0 aliphatic heterocycles. The Kier molecular flexibility index (Phi) is 6.88. The Morgan fingerprint density at radius 2 is 1.85 bits per heavy atom. The Hall–Kier alpha value is -2.13. The molecule has 0 saturated heterocycles. The summed E-state index contributed by atoms with van der Waals surface area (Å²) in [5.41, 5.74) is 1.54. The van der Waals surface area contributed by atoms with Gasteiger partial charge >= 0.3 is 22.3 Å². The third-order valence-electron chi connectivity index (χ3n) is 5.55. The number of fused-ring (bicyclic) bond motifs is 1. The van der Waals surface area contributed by atoms with Gasteiger partial charge in [0.2, 0.25) is 0 Å². The molecule has 1 atom stereocenters. The predicted octanol–water partition coefficient (Wildman–Crippen LogP) is 3.59. The number of aromatic nitrogens is 3. The van der Waals surface area contributed by atoms with Gasteiger partial charge in [-0.15, -0.1) is 0 Å². The summed E-state index contributed by atoms with van der Waals surface area (Å²) in [6.07, 6.45) is -4.09. The average Bonchev–Trinajstić information content (AvgIpc) is 3.22. The second kappa shape index (κ2) is 8.91. The van der Waals surface area contributed by atoms with E-state index in [2.05, 4.69) is 27.6 Å². The van der Waals surface area contributed by atoms with Crippen LogP contribution in [0.5, 0.6) is 0 Å². The van der Waals surface area contributed by atoms with Gasteiger partial charge in [0.05, 0.1) is 29.7 Å². The molecule has 3 aromatic rings. The molecule has 0 saturated carbocycles. The van der Waals surface area contributed by atoms with Crippen LogP contribution in [0.1, 0.15) is 30.0 Å². The van der Waals surface area contributed by atoms with Crippen molar-refractivity contribution in [3.05, 3.63) is 51.2 Å². The first-order valence-corrected chi connectivity index (χ1v) is 12.2. The average molecular weight is 597 g/mol. The zero-order valence-corrected chi connectivity index (χ0v) is 21.5. The molecule has 0 fully saturated rings. The van der Waals surface area contributed by atoms with Crippen LogP contribution >= 0.6 is 22.6 Å². The highest BCUT2D eigenvalue weighted by Crippen LogP contribution is 2.36. The molecule has 8 nitrogen and oxygen atoms in total. The number of aryl methyl sites for hydroxylation is 1. The predicted molar refractivity (Wildman–Crippen MR) is 126 cm³/mol. The van der Waals surface area contributed by atoms with E-state index >= 15 is 0 Å². The number of rotatable bonds is 6. The maximum atomic E-state index is 13.6. The fourth-order valence-electron chi connectivity index (χ4n) is 3.68. The number of benzene rings is 1. The molecular formula is C20H23F3IN5O3S. The van der Waals surface area contributed by atoms with E-state index in [1.807, 2.05) is 24.3 Å². The van der Waals surface area contributed by atoms with E-state index in [9.17, 15) is 26.4 Å². The minimum absolute atomic E-state index is 0.0543. The lowest BCUT2D eigenvalue weighted by Crippen LogP contribution is -2.43. The number of alkyl halides is 3. The van der Waals surface area contributed by atoms with Crippen LogP contribution in [0.4, 0.5) is 13.2 Å². The lowest BCUT2D eigenvalue weighted by Gasteiger charge is -2.30. The number of amides is 1. The molecule has 0 aliphatic rings. The normalized spacial score (nSPS) is 13.6. The molecule has 0 radical (unpaired) electrons. The van der Waals surface area contributed by atoms with E-state index < -0.39 is 34.9 Å². The number of carbonyl (C=O) groups excluding carboxylic acids is 1. The molecule has 13 heteroatoms.